The summed E-state index contributed by atoms with van der Waals surface area (Å²) >= 11 is 6.84. The summed E-state index contributed by atoms with van der Waals surface area (Å²) < 4.78 is 39.5. The molecule has 0 rings (SSSR count). The summed E-state index contributed by atoms with van der Waals surface area (Å²) in [4.78, 5) is 55.8. The minimum absolute atomic E-state index is 0.00116. The number of thioether (sulfide) groups is 1. The lowest BCUT2D eigenvalue weighted by molar-refractivity contribution is -0.164. The third-order valence-electron chi connectivity index (χ3n) is 9.22. The Balaban J connectivity index is 6.42. The average molecular weight is 842 g/mol. The van der Waals surface area contributed by atoms with Crippen LogP contribution < -0.4 is 0 Å². The summed E-state index contributed by atoms with van der Waals surface area (Å²) in [6.07, 6.45) is 1.06. The van der Waals surface area contributed by atoms with E-state index < -0.39 is 70.6 Å². The fourth-order valence-electron chi connectivity index (χ4n) is 6.12. The van der Waals surface area contributed by atoms with Gasteiger partial charge in [-0.05, 0) is 118 Å². The van der Waals surface area contributed by atoms with Gasteiger partial charge in [-0.1, -0.05) is 30.9 Å². The predicted octanol–water partition coefficient (Wildman–Crippen LogP) is 7.56. The molecule has 0 aliphatic carbocycles. The fourth-order valence-corrected chi connectivity index (χ4v) is 20.8. The molecule has 53 heavy (non-hydrogen) atoms. The highest BCUT2D eigenvalue weighted by Gasteiger charge is 2.47. The predicted molar refractivity (Wildman–Crippen MR) is 223 cm³/mol. The third-order valence-corrected chi connectivity index (χ3v) is 21.4. The highest BCUT2D eigenvalue weighted by Crippen LogP contribution is 2.44. The largest absolute Gasteiger partial charge is 0.469 e. The van der Waals surface area contributed by atoms with E-state index in [2.05, 4.69) is 45.8 Å². The quantitative estimate of drug-likeness (QED) is 0.0311. The molecule has 5 unspecified atom stereocenters. The molecule has 17 heteroatoms. The Labute approximate surface area is 333 Å². The molecular weight excluding hydrogens is 771 g/mol. The van der Waals surface area contributed by atoms with Crippen LogP contribution in [0.2, 0.25) is 51.9 Å². The van der Waals surface area contributed by atoms with Crippen molar-refractivity contribution in [2.24, 2.45) is 16.7 Å². The molecule has 0 aromatic heterocycles. The number of nitrogens with zero attached hydrogens (tertiary/aromatic N) is 1. The summed E-state index contributed by atoms with van der Waals surface area (Å²) in [5.74, 6) is -2.88. The lowest BCUT2D eigenvalue weighted by Crippen LogP contribution is -2.51. The zero-order valence-electron chi connectivity index (χ0n) is 35.8. The van der Waals surface area contributed by atoms with Crippen molar-refractivity contribution >= 4 is 77.4 Å². The lowest BCUT2D eigenvalue weighted by Gasteiger charge is -2.37. The monoisotopic (exact) mass is 841 g/mol. The van der Waals surface area contributed by atoms with Gasteiger partial charge in [0.15, 0.2) is 16.6 Å². The fraction of sp³-hybridized carbons (Fsp3) is 0.861. The van der Waals surface area contributed by atoms with E-state index in [1.54, 1.807) is 46.7 Å². The van der Waals surface area contributed by atoms with Gasteiger partial charge in [0.2, 0.25) is 0 Å². The molecule has 0 N–H and O–H groups in total. The molecule has 5 atom stereocenters. The highest BCUT2D eigenvalue weighted by molar-refractivity contribution is 8.24. The first-order chi connectivity index (χ1) is 24.0. The minimum Gasteiger partial charge on any atom is -0.469 e. The zero-order valence-corrected chi connectivity index (χ0v) is 40.4. The van der Waals surface area contributed by atoms with Gasteiger partial charge < -0.3 is 36.8 Å². The Kier molecular flexibility index (Phi) is 21.3. The van der Waals surface area contributed by atoms with Gasteiger partial charge in [-0.15, -0.1) is 0 Å². The molecule has 0 saturated heterocycles. The van der Waals surface area contributed by atoms with E-state index in [0.717, 1.165) is 6.04 Å². The van der Waals surface area contributed by atoms with Gasteiger partial charge in [0, 0.05) is 21.2 Å². The van der Waals surface area contributed by atoms with Gasteiger partial charge in [0.1, 0.15) is 15.7 Å². The first-order valence-electron chi connectivity index (χ1n) is 18.4. The van der Waals surface area contributed by atoms with Crippen LogP contribution in [0.5, 0.6) is 0 Å². The van der Waals surface area contributed by atoms with Crippen LogP contribution >= 0.6 is 24.0 Å². The number of rotatable bonds is 24. The summed E-state index contributed by atoms with van der Waals surface area (Å²) in [5, 5.41) is 0. The second-order valence-corrected chi connectivity index (χ2v) is 31.8. The van der Waals surface area contributed by atoms with E-state index in [4.69, 9.17) is 44.1 Å². The van der Waals surface area contributed by atoms with E-state index >= 15 is 0 Å². The number of thiocarbonyl (C=S) groups is 1. The van der Waals surface area contributed by atoms with E-state index in [-0.39, 0.29) is 45.0 Å². The lowest BCUT2D eigenvalue weighted by atomic mass is 9.70. The van der Waals surface area contributed by atoms with Crippen LogP contribution in [0, 0.1) is 16.7 Å². The van der Waals surface area contributed by atoms with Gasteiger partial charge >= 0.3 is 32.4 Å². The molecule has 0 aliphatic rings. The van der Waals surface area contributed by atoms with Crippen LogP contribution in [-0.2, 0) is 51.1 Å². The maximum absolute atomic E-state index is 14.0. The number of carbonyl (C=O) groups is 4. The molecule has 0 heterocycles. The third kappa shape index (κ3) is 18.4. The van der Waals surface area contributed by atoms with E-state index in [9.17, 15) is 19.2 Å². The summed E-state index contributed by atoms with van der Waals surface area (Å²) in [6, 6.07) is 0.784. The average Bonchev–Trinajstić information content (AvgIpc) is 3.04. The molecule has 0 fully saturated rings. The number of hydrogen-bond acceptors (Lipinski definition) is 13. The highest BCUT2D eigenvalue weighted by atomic mass is 32.2. The molecule has 0 aromatic rings. The maximum atomic E-state index is 14.0. The molecule has 0 spiro atoms. The van der Waals surface area contributed by atoms with Crippen LogP contribution in [-0.4, -0.2) is 118 Å². The Morgan fingerprint density at radius 1 is 0.792 bits per heavy atom. The van der Waals surface area contributed by atoms with Crippen LogP contribution in [0.15, 0.2) is 0 Å². The SMILES string of the molecule is CCC(C)(CC(CC(C)(CCC(C)(SC(=S)N(C)C)C(=O)OCCC[Si](C)(C)O[Si](C)(C)O[Si](C)(C)C)C(=O)OCC(C)OC)C(=O)OC)C(=O)OC. The topological polar surface area (TPSA) is 136 Å². The molecule has 12 nitrogen and oxygen atoms in total. The van der Waals surface area contributed by atoms with E-state index in [0.29, 0.717) is 17.2 Å². The van der Waals surface area contributed by atoms with Crippen molar-refractivity contribution in [2.75, 3.05) is 48.6 Å². The van der Waals surface area contributed by atoms with Crippen LogP contribution in [0.1, 0.15) is 73.1 Å². The normalized spacial score (nSPS) is 16.9. The van der Waals surface area contributed by atoms with Crippen LogP contribution in [0.3, 0.4) is 0 Å². The van der Waals surface area contributed by atoms with Crippen LogP contribution in [0.4, 0.5) is 0 Å². The first kappa shape index (κ1) is 51.7. The molecular formula is C36H71NO11S2Si3. The maximum Gasteiger partial charge on any atom is 0.322 e. The molecule has 0 amide bonds. The van der Waals surface area contributed by atoms with Crippen molar-refractivity contribution in [1.29, 1.82) is 0 Å². The van der Waals surface area contributed by atoms with Crippen molar-refractivity contribution in [3.05, 3.63) is 0 Å². The second-order valence-electron chi connectivity index (χ2n) is 16.9. The summed E-state index contributed by atoms with van der Waals surface area (Å²) in [6.45, 7) is 24.0. The Bertz CT molecular complexity index is 1230. The summed E-state index contributed by atoms with van der Waals surface area (Å²) in [7, 11) is 1.50. The molecule has 310 valence electrons. The Morgan fingerprint density at radius 2 is 1.36 bits per heavy atom. The van der Waals surface area contributed by atoms with Gasteiger partial charge in [-0.2, -0.15) is 0 Å². The molecule has 0 radical (unpaired) electrons. The smallest absolute Gasteiger partial charge is 0.322 e. The van der Waals surface area contributed by atoms with E-state index in [1.165, 1.54) is 33.1 Å². The molecule has 0 aromatic carbocycles. The van der Waals surface area contributed by atoms with E-state index in [1.807, 2.05) is 6.92 Å². The second kappa shape index (κ2) is 21.8. The van der Waals surface area contributed by atoms with Crippen molar-refractivity contribution < 1.29 is 51.1 Å². The van der Waals surface area contributed by atoms with Crippen molar-refractivity contribution in [3.8, 4) is 0 Å². The molecule has 0 aliphatic heterocycles. The van der Waals surface area contributed by atoms with Gasteiger partial charge in [-0.3, -0.25) is 19.2 Å². The van der Waals surface area contributed by atoms with Crippen molar-refractivity contribution in [1.82, 2.24) is 4.90 Å². The van der Waals surface area contributed by atoms with Gasteiger partial charge in [-0.25, -0.2) is 0 Å². The van der Waals surface area contributed by atoms with Crippen molar-refractivity contribution in [2.45, 2.75) is 136 Å². The Hall–Kier alpha value is -1.35. The number of carbonyl (C=O) groups excluding carboxylic acids is 4. The van der Waals surface area contributed by atoms with Gasteiger partial charge in [0.05, 0.1) is 43.7 Å². The molecule has 0 saturated carbocycles. The van der Waals surface area contributed by atoms with Gasteiger partial charge in [0.25, 0.3) is 0 Å². The Morgan fingerprint density at radius 3 is 1.83 bits per heavy atom. The first-order valence-corrected chi connectivity index (χ1v) is 29.0. The van der Waals surface area contributed by atoms with Crippen LogP contribution in [0.25, 0.3) is 0 Å². The zero-order chi connectivity index (χ0) is 41.6. The number of hydrogen-bond donors (Lipinski definition) is 0. The standard InChI is InChI=1S/C36H71NO11S2Si3/c1-18-34(3,30(39)44-10)24-28(29(38)43-9)25-35(4,31(40)46-26-27(2)42-8)20-21-36(5,50-33(49)37(6)7)32(41)45-22-19-23-52(14,15)48-53(16,17)47-51(11,12)13/h27-28H,18-26H2,1-17H3. The number of methoxy groups -OCH3 is 3. The minimum atomic E-state index is -2.32. The number of ether oxygens (including phenoxy) is 5. The summed E-state index contributed by atoms with van der Waals surface area (Å²) in [5.41, 5.74) is -2.28. The molecule has 0 bridgehead atoms. The number of esters is 4. The van der Waals surface area contributed by atoms with Crippen molar-refractivity contribution in [3.63, 3.8) is 0 Å².